The summed E-state index contributed by atoms with van der Waals surface area (Å²) in [6.45, 7) is 0.170. The van der Waals surface area contributed by atoms with Crippen molar-refractivity contribution in [2.75, 3.05) is 4.90 Å². The molecule has 4 nitrogen and oxygen atoms in total. The summed E-state index contributed by atoms with van der Waals surface area (Å²) < 4.78 is 0. The molecule has 1 atom stereocenters. The Morgan fingerprint density at radius 3 is 2.45 bits per heavy atom. The maximum Gasteiger partial charge on any atom is 0.264 e. The molecular formula is C25H19Cl2NO3. The third kappa shape index (κ3) is 4.28. The first-order valence-electron chi connectivity index (χ1n) is 9.72. The number of hydrogen-bond acceptors (Lipinski definition) is 3. The highest BCUT2D eigenvalue weighted by Gasteiger charge is 2.50. The van der Waals surface area contributed by atoms with Gasteiger partial charge in [-0.2, -0.15) is 0 Å². The van der Waals surface area contributed by atoms with Gasteiger partial charge in [0.1, 0.15) is 0 Å². The van der Waals surface area contributed by atoms with Gasteiger partial charge in [-0.3, -0.25) is 9.59 Å². The molecule has 6 heteroatoms. The van der Waals surface area contributed by atoms with Crippen LogP contribution < -0.4 is 4.90 Å². The summed E-state index contributed by atoms with van der Waals surface area (Å²) in [6, 6.07) is 21.4. The van der Waals surface area contributed by atoms with Gasteiger partial charge in [-0.15, -0.1) is 0 Å². The van der Waals surface area contributed by atoms with Crippen LogP contribution in [-0.2, 0) is 21.7 Å². The van der Waals surface area contributed by atoms with Gasteiger partial charge in [0.2, 0.25) is 0 Å². The highest BCUT2D eigenvalue weighted by molar-refractivity contribution is 6.31. The summed E-state index contributed by atoms with van der Waals surface area (Å²) in [6.07, 6.45) is 2.65. The van der Waals surface area contributed by atoms with Crippen molar-refractivity contribution in [3.8, 4) is 0 Å². The number of rotatable bonds is 6. The maximum atomic E-state index is 13.3. The van der Waals surface area contributed by atoms with Gasteiger partial charge in [0.15, 0.2) is 11.4 Å². The number of fused-ring (bicyclic) bond motifs is 1. The number of aliphatic hydroxyl groups is 1. The fourth-order valence-electron chi connectivity index (χ4n) is 3.71. The molecule has 0 spiro atoms. The molecule has 1 N–H and O–H groups in total. The lowest BCUT2D eigenvalue weighted by atomic mass is 9.89. The Labute approximate surface area is 190 Å². The quantitative estimate of drug-likeness (QED) is 0.510. The number of allylic oxidation sites excluding steroid dienone is 1. The summed E-state index contributed by atoms with van der Waals surface area (Å²) in [5, 5.41) is 12.3. The third-order valence-electron chi connectivity index (χ3n) is 5.27. The molecule has 1 heterocycles. The number of carbonyl (C=O) groups is 2. The third-order valence-corrected chi connectivity index (χ3v) is 5.88. The minimum Gasteiger partial charge on any atom is -0.375 e. The first-order chi connectivity index (χ1) is 14.9. The van der Waals surface area contributed by atoms with Crippen molar-refractivity contribution in [3.05, 3.63) is 106 Å². The van der Waals surface area contributed by atoms with Gasteiger partial charge in [0, 0.05) is 15.6 Å². The van der Waals surface area contributed by atoms with Crippen LogP contribution in [0.5, 0.6) is 0 Å². The molecule has 0 aliphatic carbocycles. The molecule has 3 aromatic rings. The van der Waals surface area contributed by atoms with Gasteiger partial charge >= 0.3 is 0 Å². The van der Waals surface area contributed by atoms with Crippen LogP contribution in [0.3, 0.4) is 0 Å². The van der Waals surface area contributed by atoms with Crippen LogP contribution in [0.2, 0.25) is 10.0 Å². The molecule has 0 radical (unpaired) electrons. The van der Waals surface area contributed by atoms with Gasteiger partial charge in [0.25, 0.3) is 5.91 Å². The monoisotopic (exact) mass is 451 g/mol. The smallest absolute Gasteiger partial charge is 0.264 e. The van der Waals surface area contributed by atoms with Crippen LogP contribution in [0.1, 0.15) is 23.1 Å². The van der Waals surface area contributed by atoms with E-state index < -0.39 is 11.5 Å². The fourth-order valence-corrected chi connectivity index (χ4v) is 4.08. The Hall–Kier alpha value is -2.92. The number of carbonyl (C=O) groups excluding carboxylic acids is 2. The van der Waals surface area contributed by atoms with Gasteiger partial charge < -0.3 is 10.0 Å². The molecule has 3 aromatic carbocycles. The average molecular weight is 452 g/mol. The molecule has 1 aliphatic rings. The number of ketones is 1. The summed E-state index contributed by atoms with van der Waals surface area (Å²) in [4.78, 5) is 27.4. The maximum absolute atomic E-state index is 13.3. The van der Waals surface area contributed by atoms with Crippen molar-refractivity contribution in [1.82, 2.24) is 0 Å². The van der Waals surface area contributed by atoms with E-state index in [1.165, 1.54) is 17.0 Å². The Bertz CT molecular complexity index is 1180. The van der Waals surface area contributed by atoms with Crippen LogP contribution in [0.4, 0.5) is 5.69 Å². The van der Waals surface area contributed by atoms with E-state index in [1.807, 2.05) is 42.5 Å². The molecule has 0 unspecified atom stereocenters. The summed E-state index contributed by atoms with van der Waals surface area (Å²) in [7, 11) is 0. The molecule has 156 valence electrons. The van der Waals surface area contributed by atoms with Crippen molar-refractivity contribution >= 4 is 46.7 Å². The number of amides is 1. The molecule has 0 bridgehead atoms. The number of nitrogens with zero attached hydrogens (tertiary/aromatic N) is 1. The highest BCUT2D eigenvalue weighted by Crippen LogP contribution is 2.44. The number of halogens is 2. The second-order valence-corrected chi connectivity index (χ2v) is 8.24. The predicted octanol–water partition coefficient (Wildman–Crippen LogP) is 5.40. The first-order valence-corrected chi connectivity index (χ1v) is 10.5. The van der Waals surface area contributed by atoms with Crippen LogP contribution in [0.25, 0.3) is 6.08 Å². The lowest BCUT2D eigenvalue weighted by Gasteiger charge is -2.22. The molecular weight excluding hydrogens is 433 g/mol. The molecule has 0 fully saturated rings. The second-order valence-electron chi connectivity index (χ2n) is 7.39. The van der Waals surface area contributed by atoms with E-state index in [4.69, 9.17) is 23.2 Å². The molecule has 31 heavy (non-hydrogen) atoms. The lowest BCUT2D eigenvalue weighted by Crippen LogP contribution is -2.41. The van der Waals surface area contributed by atoms with Gasteiger partial charge in [-0.1, -0.05) is 77.8 Å². The Kier molecular flexibility index (Phi) is 5.96. The van der Waals surface area contributed by atoms with Crippen molar-refractivity contribution in [1.29, 1.82) is 0 Å². The zero-order valence-electron chi connectivity index (χ0n) is 16.5. The van der Waals surface area contributed by atoms with Gasteiger partial charge in [0.05, 0.1) is 18.7 Å². The highest BCUT2D eigenvalue weighted by atomic mass is 35.5. The first kappa shape index (κ1) is 21.3. The van der Waals surface area contributed by atoms with Crippen LogP contribution >= 0.6 is 23.2 Å². The standard InChI is InChI=1S/C25H19Cl2NO3/c26-19-11-13-23-21(14-19)25(31,15-20(29)12-10-17-6-2-1-3-7-17)24(30)28(23)16-18-8-4-5-9-22(18)27/h1-14,31H,15-16H2/b12-10+/t25-/m1/s1. The zero-order valence-corrected chi connectivity index (χ0v) is 18.0. The van der Waals surface area contributed by atoms with E-state index in [0.29, 0.717) is 21.3 Å². The van der Waals surface area contributed by atoms with Gasteiger partial charge in [-0.25, -0.2) is 0 Å². The minimum atomic E-state index is -2.00. The summed E-state index contributed by atoms with van der Waals surface area (Å²) in [5.41, 5.74) is 0.414. The fraction of sp³-hybridized carbons (Fsp3) is 0.120. The zero-order chi connectivity index (χ0) is 22.0. The van der Waals surface area contributed by atoms with Crippen molar-refractivity contribution in [2.24, 2.45) is 0 Å². The largest absolute Gasteiger partial charge is 0.375 e. The van der Waals surface area contributed by atoms with E-state index >= 15 is 0 Å². The Balaban J connectivity index is 1.65. The molecule has 1 aliphatic heterocycles. The summed E-state index contributed by atoms with van der Waals surface area (Å²) in [5.74, 6) is -0.948. The average Bonchev–Trinajstić information content (AvgIpc) is 2.96. The summed E-state index contributed by atoms with van der Waals surface area (Å²) >= 11 is 12.4. The van der Waals surface area contributed by atoms with Crippen molar-refractivity contribution in [3.63, 3.8) is 0 Å². The second kappa shape index (κ2) is 8.67. The SMILES string of the molecule is O=C(/C=C/c1ccccc1)C[C@]1(O)C(=O)N(Cc2ccccc2Cl)c2ccc(Cl)cc21. The van der Waals surface area contributed by atoms with Crippen LogP contribution in [0.15, 0.2) is 78.9 Å². The van der Waals surface area contributed by atoms with Crippen LogP contribution in [-0.4, -0.2) is 16.8 Å². The number of hydrogen-bond donors (Lipinski definition) is 1. The lowest BCUT2D eigenvalue weighted by molar-refractivity contribution is -0.140. The Morgan fingerprint density at radius 2 is 1.71 bits per heavy atom. The molecule has 0 saturated heterocycles. The minimum absolute atomic E-state index is 0.170. The van der Waals surface area contributed by atoms with Crippen LogP contribution in [0, 0.1) is 0 Å². The van der Waals surface area contributed by atoms with E-state index in [1.54, 1.807) is 30.3 Å². The molecule has 0 aromatic heterocycles. The topological polar surface area (TPSA) is 57.6 Å². The van der Waals surface area contributed by atoms with Gasteiger partial charge in [-0.05, 0) is 41.5 Å². The van der Waals surface area contributed by atoms with E-state index in [2.05, 4.69) is 0 Å². The van der Waals surface area contributed by atoms with E-state index in [-0.39, 0.29) is 18.7 Å². The number of anilines is 1. The molecule has 0 saturated carbocycles. The number of benzene rings is 3. The van der Waals surface area contributed by atoms with E-state index in [0.717, 1.165) is 11.1 Å². The van der Waals surface area contributed by atoms with E-state index in [9.17, 15) is 14.7 Å². The van der Waals surface area contributed by atoms with Crippen molar-refractivity contribution < 1.29 is 14.7 Å². The Morgan fingerprint density at radius 1 is 1.00 bits per heavy atom. The molecule has 4 rings (SSSR count). The van der Waals surface area contributed by atoms with Crippen molar-refractivity contribution in [2.45, 2.75) is 18.6 Å². The normalized spacial score (nSPS) is 17.9. The molecule has 1 amide bonds. The predicted molar refractivity (Wildman–Crippen MR) is 123 cm³/mol.